The summed E-state index contributed by atoms with van der Waals surface area (Å²) >= 11 is 19.2. The molecule has 0 saturated heterocycles. The van der Waals surface area contributed by atoms with E-state index in [-0.39, 0.29) is 5.91 Å². The Bertz CT molecular complexity index is 1240. The number of carbonyl (C=O) groups is 1. The quantitative estimate of drug-likeness (QED) is 0.282. The van der Waals surface area contributed by atoms with E-state index in [0.29, 0.717) is 33.7 Å². The minimum Gasteiger partial charge on any atom is -0.487 e. The molecule has 0 aliphatic carbocycles. The average Bonchev–Trinajstić information content (AvgIpc) is 3.04. The summed E-state index contributed by atoms with van der Waals surface area (Å²) in [6, 6.07) is 18.5. The molecule has 0 atom stereocenters. The second-order valence-electron chi connectivity index (χ2n) is 7.05. The Balaban J connectivity index is 1.55. The molecule has 0 fully saturated rings. The zero-order valence-electron chi connectivity index (χ0n) is 16.8. The number of rotatable bonds is 5. The van der Waals surface area contributed by atoms with E-state index < -0.39 is 0 Å². The molecule has 3 aromatic rings. The van der Waals surface area contributed by atoms with Crippen molar-refractivity contribution in [3.8, 4) is 5.75 Å². The van der Waals surface area contributed by atoms with Gasteiger partial charge < -0.3 is 4.74 Å². The highest BCUT2D eigenvalue weighted by molar-refractivity contribution is 9.11. The molecule has 0 bridgehead atoms. The van der Waals surface area contributed by atoms with Crippen LogP contribution in [-0.4, -0.2) is 11.6 Å². The molecule has 0 saturated carbocycles. The van der Waals surface area contributed by atoms with E-state index in [1.807, 2.05) is 61.5 Å². The summed E-state index contributed by atoms with van der Waals surface area (Å²) in [6.07, 6.45) is 1.82. The van der Waals surface area contributed by atoms with Crippen molar-refractivity contribution in [1.82, 2.24) is 0 Å². The summed E-state index contributed by atoms with van der Waals surface area (Å²) in [7, 11) is 0. The maximum atomic E-state index is 12.9. The summed E-state index contributed by atoms with van der Waals surface area (Å²) in [5, 5.41) is 6.82. The smallest absolute Gasteiger partial charge is 0.280 e. The first-order valence-electron chi connectivity index (χ1n) is 9.56. The second kappa shape index (κ2) is 9.79. The number of para-hydroxylation sites is 1. The molecule has 1 heterocycles. The van der Waals surface area contributed by atoms with Gasteiger partial charge in [0.25, 0.3) is 5.91 Å². The molecular formula is C24H16Br2Cl2N2O2. The summed E-state index contributed by atoms with van der Waals surface area (Å²) in [5.74, 6) is 0.480. The number of carbonyl (C=O) groups excluding carboxylic acids is 1. The van der Waals surface area contributed by atoms with Gasteiger partial charge in [0.15, 0.2) is 0 Å². The van der Waals surface area contributed by atoms with Gasteiger partial charge in [-0.2, -0.15) is 10.1 Å². The zero-order valence-corrected chi connectivity index (χ0v) is 21.5. The largest absolute Gasteiger partial charge is 0.487 e. The van der Waals surface area contributed by atoms with Gasteiger partial charge in [-0.15, -0.1) is 0 Å². The van der Waals surface area contributed by atoms with Crippen LogP contribution in [0, 0.1) is 0 Å². The van der Waals surface area contributed by atoms with Crippen molar-refractivity contribution in [1.29, 1.82) is 0 Å². The monoisotopic (exact) mass is 592 g/mol. The maximum Gasteiger partial charge on any atom is 0.280 e. The summed E-state index contributed by atoms with van der Waals surface area (Å²) in [4.78, 5) is 12.9. The van der Waals surface area contributed by atoms with Gasteiger partial charge in [0.1, 0.15) is 12.4 Å². The third kappa shape index (κ3) is 4.94. The van der Waals surface area contributed by atoms with Crippen molar-refractivity contribution < 1.29 is 9.53 Å². The topological polar surface area (TPSA) is 41.9 Å². The molecule has 0 spiro atoms. The number of benzene rings is 3. The second-order valence-corrected chi connectivity index (χ2v) is 9.57. The van der Waals surface area contributed by atoms with E-state index in [4.69, 9.17) is 27.9 Å². The third-order valence-corrected chi connectivity index (χ3v) is 6.68. The van der Waals surface area contributed by atoms with Gasteiger partial charge in [-0.05, 0) is 92.4 Å². The molecular weight excluding hydrogens is 579 g/mol. The van der Waals surface area contributed by atoms with E-state index in [9.17, 15) is 4.79 Å². The molecule has 1 aliphatic heterocycles. The lowest BCUT2D eigenvalue weighted by Gasteiger charge is -2.13. The molecule has 3 aromatic carbocycles. The molecule has 32 heavy (non-hydrogen) atoms. The number of anilines is 1. The van der Waals surface area contributed by atoms with Gasteiger partial charge >= 0.3 is 0 Å². The fourth-order valence-corrected chi connectivity index (χ4v) is 4.95. The highest BCUT2D eigenvalue weighted by Crippen LogP contribution is 2.37. The number of ether oxygens (including phenoxy) is 1. The normalized spacial score (nSPS) is 14.8. The van der Waals surface area contributed by atoms with Crippen molar-refractivity contribution >= 4 is 78.4 Å². The minimum absolute atomic E-state index is 0.166. The van der Waals surface area contributed by atoms with E-state index >= 15 is 0 Å². The zero-order chi connectivity index (χ0) is 22.8. The molecule has 4 rings (SSSR count). The van der Waals surface area contributed by atoms with Gasteiger partial charge in [-0.3, -0.25) is 4.79 Å². The molecule has 0 aromatic heterocycles. The Morgan fingerprint density at radius 3 is 2.34 bits per heavy atom. The average molecular weight is 595 g/mol. The number of halogens is 4. The van der Waals surface area contributed by atoms with Crippen molar-refractivity contribution in [2.45, 2.75) is 13.5 Å². The van der Waals surface area contributed by atoms with Crippen LogP contribution in [-0.2, 0) is 11.4 Å². The van der Waals surface area contributed by atoms with Crippen LogP contribution in [0.25, 0.3) is 6.08 Å². The van der Waals surface area contributed by atoms with E-state index in [0.717, 1.165) is 25.8 Å². The first-order valence-corrected chi connectivity index (χ1v) is 11.9. The summed E-state index contributed by atoms with van der Waals surface area (Å²) < 4.78 is 7.47. The Morgan fingerprint density at radius 2 is 1.69 bits per heavy atom. The Labute approximate surface area is 212 Å². The Morgan fingerprint density at radius 1 is 1.00 bits per heavy atom. The van der Waals surface area contributed by atoms with Crippen molar-refractivity contribution in [3.63, 3.8) is 0 Å². The van der Waals surface area contributed by atoms with Crippen LogP contribution in [0.2, 0.25) is 10.0 Å². The fourth-order valence-electron chi connectivity index (χ4n) is 3.18. The first-order chi connectivity index (χ1) is 15.3. The van der Waals surface area contributed by atoms with E-state index in [1.165, 1.54) is 5.01 Å². The molecule has 1 amide bonds. The van der Waals surface area contributed by atoms with Crippen LogP contribution < -0.4 is 9.75 Å². The molecule has 0 unspecified atom stereocenters. The fraction of sp³-hybridized carbons (Fsp3) is 0.0833. The highest BCUT2D eigenvalue weighted by Gasteiger charge is 2.28. The van der Waals surface area contributed by atoms with Gasteiger partial charge in [0.05, 0.1) is 36.0 Å². The van der Waals surface area contributed by atoms with Crippen molar-refractivity contribution in [2.24, 2.45) is 5.10 Å². The Hall–Kier alpha value is -2.12. The summed E-state index contributed by atoms with van der Waals surface area (Å²) in [6.45, 7) is 2.15. The molecule has 8 heteroatoms. The number of amides is 1. The molecule has 0 radical (unpaired) electrons. The summed E-state index contributed by atoms with van der Waals surface area (Å²) in [5.41, 5.74) is 3.66. The van der Waals surface area contributed by atoms with E-state index in [1.54, 1.807) is 12.1 Å². The Kier molecular flexibility index (Phi) is 7.05. The van der Waals surface area contributed by atoms with Crippen LogP contribution in [0.5, 0.6) is 5.75 Å². The number of hydrogen-bond donors (Lipinski definition) is 0. The number of nitrogens with zero attached hydrogens (tertiary/aromatic N) is 2. The predicted molar refractivity (Wildman–Crippen MR) is 138 cm³/mol. The standard InChI is InChI=1S/C24H16Br2Cl2N2O2/c1-14-18(24(31)30(29-14)17-5-3-2-4-6-17)9-16-10-19(25)23(20(26)11-16)32-13-15-7-8-21(27)22(28)12-15/h2-12H,13H2,1H3/b18-9+. The first kappa shape index (κ1) is 23.1. The van der Waals surface area contributed by atoms with Crippen LogP contribution in [0.15, 0.2) is 80.3 Å². The molecule has 1 aliphatic rings. The number of hydrogen-bond acceptors (Lipinski definition) is 3. The maximum absolute atomic E-state index is 12.9. The van der Waals surface area contributed by atoms with Crippen LogP contribution in [0.1, 0.15) is 18.1 Å². The van der Waals surface area contributed by atoms with Gasteiger partial charge in [0, 0.05) is 0 Å². The molecule has 0 N–H and O–H groups in total. The molecule has 162 valence electrons. The van der Waals surface area contributed by atoms with E-state index in [2.05, 4.69) is 37.0 Å². The highest BCUT2D eigenvalue weighted by atomic mass is 79.9. The van der Waals surface area contributed by atoms with Gasteiger partial charge in [-0.1, -0.05) is 47.5 Å². The lowest BCUT2D eigenvalue weighted by atomic mass is 10.1. The van der Waals surface area contributed by atoms with Gasteiger partial charge in [-0.25, -0.2) is 0 Å². The SMILES string of the molecule is CC1=NN(c2ccccc2)C(=O)/C1=C/c1cc(Br)c(OCc2ccc(Cl)c(Cl)c2)c(Br)c1. The lowest BCUT2D eigenvalue weighted by Crippen LogP contribution is -2.21. The van der Waals surface area contributed by atoms with Crippen molar-refractivity contribution in [2.75, 3.05) is 5.01 Å². The lowest BCUT2D eigenvalue weighted by molar-refractivity contribution is -0.114. The van der Waals surface area contributed by atoms with Gasteiger partial charge in [0.2, 0.25) is 0 Å². The van der Waals surface area contributed by atoms with Crippen LogP contribution in [0.4, 0.5) is 5.69 Å². The molecule has 4 nitrogen and oxygen atoms in total. The predicted octanol–water partition coefficient (Wildman–Crippen LogP) is 7.90. The minimum atomic E-state index is -0.166. The van der Waals surface area contributed by atoms with Crippen LogP contribution >= 0.6 is 55.1 Å². The van der Waals surface area contributed by atoms with Crippen LogP contribution in [0.3, 0.4) is 0 Å². The number of hydrazone groups is 1. The third-order valence-electron chi connectivity index (χ3n) is 4.76. The van der Waals surface area contributed by atoms with Crippen molar-refractivity contribution in [3.05, 3.63) is 96.4 Å².